The molecule has 1 heterocycles. The van der Waals surface area contributed by atoms with Crippen LogP contribution in [0.4, 0.5) is 4.39 Å². The van der Waals surface area contributed by atoms with Crippen molar-refractivity contribution in [2.45, 2.75) is 31.7 Å². The maximum absolute atomic E-state index is 12.7. The van der Waals surface area contributed by atoms with E-state index in [9.17, 15) is 9.18 Å². The van der Waals surface area contributed by atoms with Crippen LogP contribution >= 0.6 is 0 Å². The van der Waals surface area contributed by atoms with Crippen molar-refractivity contribution in [2.24, 2.45) is 5.73 Å². The topological polar surface area (TPSA) is 76.2 Å². The first kappa shape index (κ1) is 12.6. The summed E-state index contributed by atoms with van der Waals surface area (Å²) in [7, 11) is 0. The van der Waals surface area contributed by atoms with Gasteiger partial charge < -0.3 is 10.8 Å². The lowest BCUT2D eigenvalue weighted by Gasteiger charge is -2.31. The van der Waals surface area contributed by atoms with Gasteiger partial charge in [0.25, 0.3) is 0 Å². The maximum atomic E-state index is 12.7. The molecule has 5 heteroatoms. The zero-order valence-corrected chi connectivity index (χ0v) is 9.27. The number of aromatic nitrogens is 1. The van der Waals surface area contributed by atoms with Crippen molar-refractivity contribution in [3.05, 3.63) is 29.8 Å². The van der Waals surface area contributed by atoms with E-state index in [0.29, 0.717) is 5.69 Å². The number of pyridine rings is 1. The van der Waals surface area contributed by atoms with Gasteiger partial charge in [-0.1, -0.05) is 6.92 Å². The number of hydrogen-bond acceptors (Lipinski definition) is 3. The van der Waals surface area contributed by atoms with Gasteiger partial charge >= 0.3 is 5.97 Å². The van der Waals surface area contributed by atoms with Crippen LogP contribution in [0.1, 0.15) is 26.0 Å². The first-order valence-electron chi connectivity index (χ1n) is 4.95. The quantitative estimate of drug-likeness (QED) is 0.811. The molecule has 1 aromatic heterocycles. The molecule has 2 unspecified atom stereocenters. The zero-order chi connectivity index (χ0) is 12.3. The molecular weight excluding hydrogens is 211 g/mol. The molecule has 0 fully saturated rings. The lowest BCUT2D eigenvalue weighted by Crippen LogP contribution is -2.43. The summed E-state index contributed by atoms with van der Waals surface area (Å²) in [5.74, 6) is -1.41. The minimum Gasteiger partial charge on any atom is -0.481 e. The minimum absolute atomic E-state index is 0.136. The summed E-state index contributed by atoms with van der Waals surface area (Å²) in [5, 5.41) is 8.86. The van der Waals surface area contributed by atoms with Crippen LogP contribution in [0.2, 0.25) is 0 Å². The molecule has 88 valence electrons. The van der Waals surface area contributed by atoms with Gasteiger partial charge in [0.1, 0.15) is 5.82 Å². The Bertz CT molecular complexity index is 378. The second kappa shape index (κ2) is 4.57. The first-order valence-corrected chi connectivity index (χ1v) is 4.95. The standard InChI is InChI=1S/C11H15FN2O2/c1-7(13)11(2,5-10(15)16)9-4-3-8(12)6-14-9/h3-4,6-7H,5,13H2,1-2H3,(H,15,16). The Hall–Kier alpha value is -1.49. The van der Waals surface area contributed by atoms with Crippen LogP contribution in [-0.2, 0) is 10.2 Å². The highest BCUT2D eigenvalue weighted by Gasteiger charge is 2.34. The molecule has 0 aliphatic carbocycles. The number of hydrogen-bond donors (Lipinski definition) is 2. The second-order valence-electron chi connectivity index (χ2n) is 4.14. The Morgan fingerprint density at radius 3 is 2.69 bits per heavy atom. The van der Waals surface area contributed by atoms with Gasteiger partial charge in [0, 0.05) is 17.2 Å². The number of halogens is 1. The smallest absolute Gasteiger partial charge is 0.304 e. The maximum Gasteiger partial charge on any atom is 0.304 e. The van der Waals surface area contributed by atoms with E-state index in [4.69, 9.17) is 10.8 Å². The number of carbonyl (C=O) groups is 1. The van der Waals surface area contributed by atoms with Crippen molar-refractivity contribution in [3.8, 4) is 0 Å². The van der Waals surface area contributed by atoms with Gasteiger partial charge in [0.05, 0.1) is 12.6 Å². The van der Waals surface area contributed by atoms with Crippen molar-refractivity contribution >= 4 is 5.97 Å². The molecule has 1 aromatic rings. The van der Waals surface area contributed by atoms with E-state index in [2.05, 4.69) is 4.98 Å². The number of nitrogens with two attached hydrogens (primary N) is 1. The predicted octanol–water partition coefficient (Wildman–Crippen LogP) is 1.30. The largest absolute Gasteiger partial charge is 0.481 e. The molecule has 0 amide bonds. The van der Waals surface area contributed by atoms with E-state index in [1.807, 2.05) is 0 Å². The van der Waals surface area contributed by atoms with Gasteiger partial charge in [0.15, 0.2) is 0 Å². The lowest BCUT2D eigenvalue weighted by atomic mass is 9.77. The van der Waals surface area contributed by atoms with Gasteiger partial charge in [0.2, 0.25) is 0 Å². The molecule has 16 heavy (non-hydrogen) atoms. The third-order valence-electron chi connectivity index (χ3n) is 2.84. The Morgan fingerprint density at radius 1 is 1.69 bits per heavy atom. The predicted molar refractivity (Wildman–Crippen MR) is 57.4 cm³/mol. The highest BCUT2D eigenvalue weighted by atomic mass is 19.1. The molecule has 0 saturated carbocycles. The molecule has 3 N–H and O–H groups in total. The third kappa shape index (κ3) is 2.55. The third-order valence-corrected chi connectivity index (χ3v) is 2.84. The average molecular weight is 226 g/mol. The van der Waals surface area contributed by atoms with Crippen molar-refractivity contribution in [3.63, 3.8) is 0 Å². The molecule has 0 spiro atoms. The van der Waals surface area contributed by atoms with Gasteiger partial charge in [-0.25, -0.2) is 4.39 Å². The van der Waals surface area contributed by atoms with Crippen LogP contribution in [0.25, 0.3) is 0 Å². The second-order valence-corrected chi connectivity index (χ2v) is 4.14. The Balaban J connectivity index is 3.10. The fourth-order valence-corrected chi connectivity index (χ4v) is 1.51. The molecule has 4 nitrogen and oxygen atoms in total. The molecule has 1 rings (SSSR count). The van der Waals surface area contributed by atoms with Crippen LogP contribution in [-0.4, -0.2) is 22.1 Å². The summed E-state index contributed by atoms with van der Waals surface area (Å²) >= 11 is 0. The highest BCUT2D eigenvalue weighted by molar-refractivity contribution is 5.69. The van der Waals surface area contributed by atoms with E-state index in [-0.39, 0.29) is 12.5 Å². The number of nitrogens with zero attached hydrogens (tertiary/aromatic N) is 1. The summed E-state index contributed by atoms with van der Waals surface area (Å²) in [5.41, 5.74) is 5.49. The summed E-state index contributed by atoms with van der Waals surface area (Å²) in [6.07, 6.45) is 0.932. The van der Waals surface area contributed by atoms with Gasteiger partial charge in [-0.2, -0.15) is 0 Å². The van der Waals surface area contributed by atoms with E-state index in [1.54, 1.807) is 13.8 Å². The summed E-state index contributed by atoms with van der Waals surface area (Å²) in [6.45, 7) is 3.43. The lowest BCUT2D eigenvalue weighted by molar-refractivity contribution is -0.138. The molecule has 2 atom stereocenters. The normalized spacial score (nSPS) is 16.5. The molecule has 0 saturated heterocycles. The fraction of sp³-hybridized carbons (Fsp3) is 0.455. The summed E-state index contributed by atoms with van der Waals surface area (Å²) in [6, 6.07) is 2.34. The number of carboxylic acids is 1. The molecule has 0 bridgehead atoms. The van der Waals surface area contributed by atoms with Crippen LogP contribution in [0.15, 0.2) is 18.3 Å². The van der Waals surface area contributed by atoms with Crippen LogP contribution in [0, 0.1) is 5.82 Å². The summed E-state index contributed by atoms with van der Waals surface area (Å²) < 4.78 is 12.7. The highest BCUT2D eigenvalue weighted by Crippen LogP contribution is 2.29. The molecule has 0 aromatic carbocycles. The fourth-order valence-electron chi connectivity index (χ4n) is 1.51. The first-order chi connectivity index (χ1) is 7.36. The number of rotatable bonds is 4. The van der Waals surface area contributed by atoms with E-state index < -0.39 is 17.2 Å². The van der Waals surface area contributed by atoms with Crippen LogP contribution < -0.4 is 5.73 Å². The van der Waals surface area contributed by atoms with E-state index in [0.717, 1.165) is 6.20 Å². The average Bonchev–Trinajstić information content (AvgIpc) is 2.17. The van der Waals surface area contributed by atoms with Crippen molar-refractivity contribution in [1.29, 1.82) is 0 Å². The van der Waals surface area contributed by atoms with Gasteiger partial charge in [-0.05, 0) is 19.1 Å². The number of carboxylic acid groups (broad SMARTS) is 1. The number of aliphatic carboxylic acids is 1. The van der Waals surface area contributed by atoms with Crippen molar-refractivity contribution in [1.82, 2.24) is 4.98 Å². The Kier molecular flexibility index (Phi) is 3.59. The van der Waals surface area contributed by atoms with Gasteiger partial charge in [-0.3, -0.25) is 9.78 Å². The van der Waals surface area contributed by atoms with Crippen molar-refractivity contribution in [2.75, 3.05) is 0 Å². The molecule has 0 aliphatic rings. The van der Waals surface area contributed by atoms with E-state index in [1.165, 1.54) is 12.1 Å². The SMILES string of the molecule is CC(N)C(C)(CC(=O)O)c1ccc(F)cn1. The Morgan fingerprint density at radius 2 is 2.31 bits per heavy atom. The van der Waals surface area contributed by atoms with Crippen molar-refractivity contribution < 1.29 is 14.3 Å². The minimum atomic E-state index is -0.953. The Labute approximate surface area is 93.3 Å². The monoisotopic (exact) mass is 226 g/mol. The summed E-state index contributed by atoms with van der Waals surface area (Å²) in [4.78, 5) is 14.7. The molecular formula is C11H15FN2O2. The molecule has 0 radical (unpaired) electrons. The molecule has 0 aliphatic heterocycles. The van der Waals surface area contributed by atoms with Gasteiger partial charge in [-0.15, -0.1) is 0 Å². The van der Waals surface area contributed by atoms with E-state index >= 15 is 0 Å². The van der Waals surface area contributed by atoms with Crippen LogP contribution in [0.5, 0.6) is 0 Å². The van der Waals surface area contributed by atoms with Crippen LogP contribution in [0.3, 0.4) is 0 Å². The zero-order valence-electron chi connectivity index (χ0n) is 9.27.